The number of hydrogen-bond acceptors (Lipinski definition) is 1. The van der Waals surface area contributed by atoms with Gasteiger partial charge in [0.15, 0.2) is 0 Å². The SMILES string of the molecule is Cc1cc(C(Cl)c2cccc(C)c2Cl)c(C)s1. The molecule has 0 nitrogen and oxygen atoms in total. The lowest BCUT2D eigenvalue weighted by Crippen LogP contribution is -1.95. The maximum atomic E-state index is 6.55. The van der Waals surface area contributed by atoms with E-state index in [1.54, 1.807) is 11.3 Å². The number of halogens is 2. The zero-order chi connectivity index (χ0) is 12.6. The van der Waals surface area contributed by atoms with Crippen LogP contribution in [0.1, 0.15) is 31.8 Å². The Labute approximate surface area is 116 Å². The van der Waals surface area contributed by atoms with Gasteiger partial charge in [0.2, 0.25) is 0 Å². The minimum Gasteiger partial charge on any atom is -0.146 e. The van der Waals surface area contributed by atoms with Gasteiger partial charge in [-0.1, -0.05) is 29.8 Å². The molecular formula is C14H14Cl2S. The van der Waals surface area contributed by atoms with Gasteiger partial charge in [-0.05, 0) is 43.5 Å². The Morgan fingerprint density at radius 3 is 2.41 bits per heavy atom. The van der Waals surface area contributed by atoms with Crippen LogP contribution in [0.4, 0.5) is 0 Å². The molecule has 3 heteroatoms. The third-order valence-corrected chi connectivity index (χ3v) is 4.82. The lowest BCUT2D eigenvalue weighted by molar-refractivity contribution is 1.12. The summed E-state index contributed by atoms with van der Waals surface area (Å²) >= 11 is 14.6. The molecule has 0 saturated carbocycles. The Kier molecular flexibility index (Phi) is 3.82. The van der Waals surface area contributed by atoms with Crippen LogP contribution in [0.2, 0.25) is 5.02 Å². The number of rotatable bonds is 2. The third-order valence-electron chi connectivity index (χ3n) is 2.85. The quantitative estimate of drug-likeness (QED) is 0.625. The molecule has 0 spiro atoms. The first-order valence-corrected chi connectivity index (χ1v) is 7.10. The predicted octanol–water partition coefficient (Wildman–Crippen LogP) is 5.65. The summed E-state index contributed by atoms with van der Waals surface area (Å²) < 4.78 is 0. The molecule has 0 radical (unpaired) electrons. The first kappa shape index (κ1) is 12.9. The molecule has 2 rings (SSSR count). The highest BCUT2D eigenvalue weighted by molar-refractivity contribution is 7.12. The maximum absolute atomic E-state index is 6.55. The van der Waals surface area contributed by atoms with Crippen molar-refractivity contribution in [2.75, 3.05) is 0 Å². The number of alkyl halides is 1. The fourth-order valence-corrected chi connectivity index (χ4v) is 3.66. The second-order valence-corrected chi connectivity index (χ2v) is 6.48. The second-order valence-electron chi connectivity index (χ2n) is 4.21. The highest BCUT2D eigenvalue weighted by Gasteiger charge is 2.18. The minimum absolute atomic E-state index is 0.160. The van der Waals surface area contributed by atoms with E-state index < -0.39 is 0 Å². The fraction of sp³-hybridized carbons (Fsp3) is 0.286. The van der Waals surface area contributed by atoms with Gasteiger partial charge < -0.3 is 0 Å². The highest BCUT2D eigenvalue weighted by Crippen LogP contribution is 2.38. The first-order chi connectivity index (χ1) is 8.00. The largest absolute Gasteiger partial charge is 0.146 e. The lowest BCUT2D eigenvalue weighted by atomic mass is 10.0. The van der Waals surface area contributed by atoms with E-state index in [9.17, 15) is 0 Å². The third kappa shape index (κ3) is 2.52. The van der Waals surface area contributed by atoms with Gasteiger partial charge in [0.1, 0.15) is 0 Å². The van der Waals surface area contributed by atoms with E-state index in [0.29, 0.717) is 0 Å². The van der Waals surface area contributed by atoms with Crippen LogP contribution in [0.15, 0.2) is 24.3 Å². The number of hydrogen-bond donors (Lipinski definition) is 0. The van der Waals surface area contributed by atoms with Crippen LogP contribution in [0.3, 0.4) is 0 Å². The molecule has 1 heterocycles. The van der Waals surface area contributed by atoms with E-state index >= 15 is 0 Å². The van der Waals surface area contributed by atoms with Gasteiger partial charge in [-0.2, -0.15) is 0 Å². The summed E-state index contributed by atoms with van der Waals surface area (Å²) in [5.74, 6) is 0. The predicted molar refractivity (Wildman–Crippen MR) is 77.7 cm³/mol. The minimum atomic E-state index is -0.160. The van der Waals surface area contributed by atoms with Crippen molar-refractivity contribution in [3.63, 3.8) is 0 Å². The summed E-state index contributed by atoms with van der Waals surface area (Å²) in [6, 6.07) is 8.15. The van der Waals surface area contributed by atoms with Gasteiger partial charge in [0.05, 0.1) is 5.38 Å². The van der Waals surface area contributed by atoms with Crippen molar-refractivity contribution in [1.82, 2.24) is 0 Å². The summed E-state index contributed by atoms with van der Waals surface area (Å²) in [6.07, 6.45) is 0. The Balaban J connectivity index is 2.47. The number of benzene rings is 1. The van der Waals surface area contributed by atoms with Crippen molar-refractivity contribution in [1.29, 1.82) is 0 Å². The van der Waals surface area contributed by atoms with Crippen LogP contribution in [-0.2, 0) is 0 Å². The fourth-order valence-electron chi connectivity index (χ4n) is 1.94. The maximum Gasteiger partial charge on any atom is 0.0860 e. The smallest absolute Gasteiger partial charge is 0.0860 e. The molecule has 0 aliphatic carbocycles. The van der Waals surface area contributed by atoms with Crippen LogP contribution in [0.25, 0.3) is 0 Å². The van der Waals surface area contributed by atoms with Crippen LogP contribution in [-0.4, -0.2) is 0 Å². The molecule has 0 N–H and O–H groups in total. The van der Waals surface area contributed by atoms with Crippen LogP contribution < -0.4 is 0 Å². The van der Waals surface area contributed by atoms with Crippen molar-refractivity contribution < 1.29 is 0 Å². The van der Waals surface area contributed by atoms with E-state index in [1.807, 2.05) is 25.1 Å². The summed E-state index contributed by atoms with van der Waals surface area (Å²) in [5, 5.41) is 0.614. The summed E-state index contributed by atoms with van der Waals surface area (Å²) in [6.45, 7) is 6.20. The first-order valence-electron chi connectivity index (χ1n) is 5.46. The van der Waals surface area contributed by atoms with Gasteiger partial charge in [-0.3, -0.25) is 0 Å². The Bertz CT molecular complexity index is 543. The summed E-state index contributed by atoms with van der Waals surface area (Å²) in [4.78, 5) is 2.55. The Hall–Kier alpha value is -0.500. The molecule has 1 aromatic carbocycles. The van der Waals surface area contributed by atoms with Crippen molar-refractivity contribution in [3.05, 3.63) is 55.7 Å². The Morgan fingerprint density at radius 2 is 1.82 bits per heavy atom. The molecule has 0 amide bonds. The van der Waals surface area contributed by atoms with E-state index in [0.717, 1.165) is 16.1 Å². The molecule has 0 aliphatic heterocycles. The average molecular weight is 285 g/mol. The van der Waals surface area contributed by atoms with Crippen LogP contribution >= 0.6 is 34.5 Å². The molecule has 0 fully saturated rings. The molecule has 2 aromatic rings. The zero-order valence-corrected chi connectivity index (χ0v) is 12.4. The topological polar surface area (TPSA) is 0 Å². The molecule has 1 unspecified atom stereocenters. The molecule has 90 valence electrons. The molecule has 17 heavy (non-hydrogen) atoms. The van der Waals surface area contributed by atoms with Crippen molar-refractivity contribution >= 4 is 34.5 Å². The number of thiophene rings is 1. The molecule has 0 saturated heterocycles. The van der Waals surface area contributed by atoms with Crippen molar-refractivity contribution in [2.45, 2.75) is 26.1 Å². The molecule has 0 bridgehead atoms. The molecule has 1 aromatic heterocycles. The van der Waals surface area contributed by atoms with E-state index in [4.69, 9.17) is 23.2 Å². The van der Waals surface area contributed by atoms with Gasteiger partial charge >= 0.3 is 0 Å². The van der Waals surface area contributed by atoms with E-state index in [-0.39, 0.29) is 5.38 Å². The number of aryl methyl sites for hydroxylation is 3. The molecule has 1 atom stereocenters. The van der Waals surface area contributed by atoms with Gasteiger partial charge in [0, 0.05) is 14.8 Å². The monoisotopic (exact) mass is 284 g/mol. The van der Waals surface area contributed by atoms with Gasteiger partial charge in [0.25, 0.3) is 0 Å². The molecule has 0 aliphatic rings. The van der Waals surface area contributed by atoms with Gasteiger partial charge in [-0.25, -0.2) is 0 Å². The van der Waals surface area contributed by atoms with E-state index in [1.165, 1.54) is 15.3 Å². The summed E-state index contributed by atoms with van der Waals surface area (Å²) in [5.41, 5.74) is 3.23. The zero-order valence-electron chi connectivity index (χ0n) is 10.1. The van der Waals surface area contributed by atoms with Crippen LogP contribution in [0, 0.1) is 20.8 Å². The summed E-state index contributed by atoms with van der Waals surface area (Å²) in [7, 11) is 0. The normalized spacial score (nSPS) is 12.8. The van der Waals surface area contributed by atoms with Crippen molar-refractivity contribution in [3.8, 4) is 0 Å². The van der Waals surface area contributed by atoms with Crippen LogP contribution in [0.5, 0.6) is 0 Å². The molecular weight excluding hydrogens is 271 g/mol. The lowest BCUT2D eigenvalue weighted by Gasteiger charge is -2.13. The highest BCUT2D eigenvalue weighted by atomic mass is 35.5. The van der Waals surface area contributed by atoms with E-state index in [2.05, 4.69) is 19.9 Å². The van der Waals surface area contributed by atoms with Crippen molar-refractivity contribution in [2.24, 2.45) is 0 Å². The Morgan fingerprint density at radius 1 is 1.12 bits per heavy atom. The average Bonchev–Trinajstić information content (AvgIpc) is 2.61. The standard InChI is InChI=1S/C14H14Cl2S/c1-8-5-4-6-11(13(8)15)14(16)12-7-9(2)17-10(12)3/h4-7,14H,1-3H3. The van der Waals surface area contributed by atoms with Gasteiger partial charge in [-0.15, -0.1) is 22.9 Å². The second kappa shape index (κ2) is 5.01.